The molecule has 0 saturated heterocycles. The third-order valence-corrected chi connectivity index (χ3v) is 4.22. The van der Waals surface area contributed by atoms with Gasteiger partial charge in [0.25, 0.3) is 5.69 Å². The third kappa shape index (κ3) is 8.77. The largest absolute Gasteiger partial charge is 0.370 e. The molecule has 0 radical (unpaired) electrons. The van der Waals surface area contributed by atoms with E-state index >= 15 is 0 Å². The van der Waals surface area contributed by atoms with Crippen LogP contribution in [0, 0.1) is 10.1 Å². The Bertz CT molecular complexity index is 887. The molecule has 5 amide bonds. The first-order valence-electron chi connectivity index (χ1n) is 9.62. The number of hydrogen-bond donors (Lipinski definition) is 5. The summed E-state index contributed by atoms with van der Waals surface area (Å²) in [6.07, 6.45) is -0.313. The van der Waals surface area contributed by atoms with E-state index in [1.165, 1.54) is 45.0 Å². The van der Waals surface area contributed by atoms with Gasteiger partial charge in [-0.05, 0) is 32.4 Å². The number of hydrogen-bond acceptors (Lipinski definition) is 7. The zero-order chi connectivity index (χ0) is 24.4. The Hall–Kier alpha value is -4.03. The van der Waals surface area contributed by atoms with E-state index in [0.717, 1.165) is 0 Å². The summed E-state index contributed by atoms with van der Waals surface area (Å²) in [6.45, 7) is 4.04. The quantitative estimate of drug-likeness (QED) is 0.217. The minimum absolute atomic E-state index is 0.115. The van der Waals surface area contributed by atoms with Crippen LogP contribution in [-0.2, 0) is 24.0 Å². The molecule has 0 spiro atoms. The second kappa shape index (κ2) is 12.0. The normalized spacial score (nSPS) is 13.1. The minimum Gasteiger partial charge on any atom is -0.370 e. The first kappa shape index (κ1) is 26.0. The number of carbonyl (C=O) groups excluding carboxylic acids is 5. The standard InChI is InChI=1S/C19H26N6O7/c1-10(21-12(3)26)18(29)24-15(8-9-16(20)27)19(30)22-11(2)17(28)23-13-4-6-14(7-5-13)25(31)32/h4-7,10-11,15H,8-9H2,1-3H3,(H2,20,27)(H,21,26)(H,22,30)(H,23,28)(H,24,29)/t10-,11-,15-/m0/s1. The van der Waals surface area contributed by atoms with E-state index in [1.54, 1.807) is 0 Å². The molecule has 3 atom stereocenters. The molecule has 6 N–H and O–H groups in total. The van der Waals surface area contributed by atoms with Crippen LogP contribution in [0.4, 0.5) is 11.4 Å². The van der Waals surface area contributed by atoms with E-state index in [2.05, 4.69) is 21.3 Å². The molecule has 174 valence electrons. The summed E-state index contributed by atoms with van der Waals surface area (Å²) in [5.41, 5.74) is 5.25. The molecule has 0 aliphatic rings. The SMILES string of the molecule is CC(=O)N[C@@H](C)C(=O)N[C@@H](CCC(N)=O)C(=O)N[C@@H](C)C(=O)Nc1ccc([N+](=O)[O-])cc1. The fourth-order valence-electron chi connectivity index (χ4n) is 2.52. The van der Waals surface area contributed by atoms with Gasteiger partial charge >= 0.3 is 0 Å². The third-order valence-electron chi connectivity index (χ3n) is 4.22. The van der Waals surface area contributed by atoms with Crippen LogP contribution in [0.25, 0.3) is 0 Å². The van der Waals surface area contributed by atoms with Crippen molar-refractivity contribution in [3.05, 3.63) is 34.4 Å². The fraction of sp³-hybridized carbons (Fsp3) is 0.421. The second-order valence-corrected chi connectivity index (χ2v) is 7.01. The number of anilines is 1. The molecule has 0 saturated carbocycles. The topological polar surface area (TPSA) is 203 Å². The summed E-state index contributed by atoms with van der Waals surface area (Å²) in [6, 6.07) is 1.95. The van der Waals surface area contributed by atoms with Gasteiger partial charge in [-0.1, -0.05) is 0 Å². The van der Waals surface area contributed by atoms with E-state index in [4.69, 9.17) is 5.73 Å². The van der Waals surface area contributed by atoms with Gasteiger partial charge in [0.15, 0.2) is 0 Å². The van der Waals surface area contributed by atoms with Crippen LogP contribution in [0.3, 0.4) is 0 Å². The summed E-state index contributed by atoms with van der Waals surface area (Å²) < 4.78 is 0. The number of primary amides is 1. The van der Waals surface area contributed by atoms with Gasteiger partial charge in [0.05, 0.1) is 4.92 Å². The molecular formula is C19H26N6O7. The van der Waals surface area contributed by atoms with Crippen LogP contribution in [0.15, 0.2) is 24.3 Å². The van der Waals surface area contributed by atoms with E-state index < -0.39 is 52.6 Å². The molecule has 0 unspecified atom stereocenters. The Labute approximate surface area is 183 Å². The van der Waals surface area contributed by atoms with Crippen LogP contribution in [0.5, 0.6) is 0 Å². The van der Waals surface area contributed by atoms with Crippen molar-refractivity contribution in [2.75, 3.05) is 5.32 Å². The number of nitrogens with two attached hydrogens (primary N) is 1. The number of carbonyl (C=O) groups is 5. The van der Waals surface area contributed by atoms with Crippen LogP contribution >= 0.6 is 0 Å². The van der Waals surface area contributed by atoms with E-state index in [9.17, 15) is 34.1 Å². The highest BCUT2D eigenvalue weighted by molar-refractivity contribution is 5.98. The molecule has 0 aliphatic heterocycles. The van der Waals surface area contributed by atoms with Crippen molar-refractivity contribution < 1.29 is 28.9 Å². The summed E-state index contributed by atoms with van der Waals surface area (Å²) in [5.74, 6) is -3.13. The number of nitrogens with zero attached hydrogens (tertiary/aromatic N) is 1. The molecule has 1 aromatic rings. The van der Waals surface area contributed by atoms with Gasteiger partial charge in [0, 0.05) is 31.2 Å². The van der Waals surface area contributed by atoms with Crippen LogP contribution in [0.1, 0.15) is 33.6 Å². The Morgan fingerprint density at radius 1 is 0.938 bits per heavy atom. The molecule has 0 aliphatic carbocycles. The van der Waals surface area contributed by atoms with Crippen LogP contribution in [0.2, 0.25) is 0 Å². The Morgan fingerprint density at radius 2 is 1.50 bits per heavy atom. The summed E-state index contributed by atoms with van der Waals surface area (Å²) in [4.78, 5) is 69.5. The zero-order valence-electron chi connectivity index (χ0n) is 17.8. The van der Waals surface area contributed by atoms with Gasteiger partial charge in [0.1, 0.15) is 18.1 Å². The summed E-state index contributed by atoms with van der Waals surface area (Å²) >= 11 is 0. The number of benzene rings is 1. The molecular weight excluding hydrogens is 424 g/mol. The van der Waals surface area contributed by atoms with Gasteiger partial charge in [-0.15, -0.1) is 0 Å². The number of nitro groups is 1. The molecule has 1 rings (SSSR count). The van der Waals surface area contributed by atoms with Gasteiger partial charge in [0.2, 0.25) is 29.5 Å². The van der Waals surface area contributed by atoms with E-state index in [1.807, 2.05) is 0 Å². The number of nitrogens with one attached hydrogen (secondary N) is 4. The van der Waals surface area contributed by atoms with Crippen LogP contribution < -0.4 is 27.0 Å². The van der Waals surface area contributed by atoms with E-state index in [-0.39, 0.29) is 24.2 Å². The number of nitro benzene ring substituents is 1. The lowest BCUT2D eigenvalue weighted by atomic mass is 10.1. The van der Waals surface area contributed by atoms with Crippen molar-refractivity contribution >= 4 is 40.9 Å². The maximum Gasteiger partial charge on any atom is 0.269 e. The van der Waals surface area contributed by atoms with Crippen molar-refractivity contribution in [1.82, 2.24) is 16.0 Å². The van der Waals surface area contributed by atoms with Crippen molar-refractivity contribution in [3.63, 3.8) is 0 Å². The van der Waals surface area contributed by atoms with E-state index in [0.29, 0.717) is 0 Å². The Kier molecular flexibility index (Phi) is 9.73. The molecule has 13 heteroatoms. The summed E-state index contributed by atoms with van der Waals surface area (Å²) in [7, 11) is 0. The van der Waals surface area contributed by atoms with Crippen molar-refractivity contribution in [2.45, 2.75) is 51.7 Å². The van der Waals surface area contributed by atoms with Gasteiger partial charge in [-0.3, -0.25) is 34.1 Å². The Morgan fingerprint density at radius 3 is 2.00 bits per heavy atom. The molecule has 0 heterocycles. The predicted molar refractivity (Wildman–Crippen MR) is 113 cm³/mol. The maximum absolute atomic E-state index is 12.6. The lowest BCUT2D eigenvalue weighted by Crippen LogP contribution is -2.55. The average Bonchev–Trinajstić information content (AvgIpc) is 2.70. The number of rotatable bonds is 11. The van der Waals surface area contributed by atoms with Gasteiger partial charge < -0.3 is 27.0 Å². The molecule has 0 bridgehead atoms. The first-order chi connectivity index (χ1) is 14.9. The summed E-state index contributed by atoms with van der Waals surface area (Å²) in [5, 5.41) is 20.4. The van der Waals surface area contributed by atoms with Crippen molar-refractivity contribution in [3.8, 4) is 0 Å². The Balaban J connectivity index is 2.77. The number of amides is 5. The number of non-ortho nitro benzene ring substituents is 1. The van der Waals surface area contributed by atoms with Gasteiger partial charge in [-0.25, -0.2) is 0 Å². The van der Waals surface area contributed by atoms with Crippen molar-refractivity contribution in [2.24, 2.45) is 5.73 Å². The highest BCUT2D eigenvalue weighted by Crippen LogP contribution is 2.15. The fourth-order valence-corrected chi connectivity index (χ4v) is 2.52. The second-order valence-electron chi connectivity index (χ2n) is 7.01. The smallest absolute Gasteiger partial charge is 0.269 e. The molecule has 0 fully saturated rings. The lowest BCUT2D eigenvalue weighted by Gasteiger charge is -2.22. The maximum atomic E-state index is 12.6. The molecule has 32 heavy (non-hydrogen) atoms. The average molecular weight is 450 g/mol. The highest BCUT2D eigenvalue weighted by Gasteiger charge is 2.26. The highest BCUT2D eigenvalue weighted by atomic mass is 16.6. The molecule has 0 aromatic heterocycles. The molecule has 13 nitrogen and oxygen atoms in total. The minimum atomic E-state index is -1.18. The molecule has 1 aromatic carbocycles. The lowest BCUT2D eigenvalue weighted by molar-refractivity contribution is -0.384. The monoisotopic (exact) mass is 450 g/mol. The predicted octanol–water partition coefficient (Wildman–Crippen LogP) is -0.687. The zero-order valence-corrected chi connectivity index (χ0v) is 17.8. The van der Waals surface area contributed by atoms with Crippen molar-refractivity contribution in [1.29, 1.82) is 0 Å². The van der Waals surface area contributed by atoms with Crippen LogP contribution in [-0.4, -0.2) is 52.6 Å². The first-order valence-corrected chi connectivity index (χ1v) is 9.62. The van der Waals surface area contributed by atoms with Gasteiger partial charge in [-0.2, -0.15) is 0 Å².